The van der Waals surface area contributed by atoms with E-state index in [4.69, 9.17) is 4.74 Å². The van der Waals surface area contributed by atoms with Crippen LogP contribution in [0.15, 0.2) is 417 Å². The van der Waals surface area contributed by atoms with Gasteiger partial charge >= 0.3 is 0 Å². The molecule has 0 saturated carbocycles. The van der Waals surface area contributed by atoms with Crippen molar-refractivity contribution in [1.29, 1.82) is 0 Å². The number of fused-ring (bicyclic) bond motifs is 12. The van der Waals surface area contributed by atoms with E-state index in [1.165, 1.54) is 207 Å². The standard InChI is InChI=1S/C28H36N2S.C27H31N3S.C27H30N2OS.C24H24N2S2.C24H26N2S/c1-21-11-9-18-28(3,4)23(21)17-16-22(2)29-19-10-20-30-24-12-5-7-14-26(24)31-27-15-8-6-13-25(27)30;1-2-9-22(10-3-1)21-29-19-15-23(16-20-29)28-17-8-18-30-24-11-4-6-13-26(24)31-27-14-7-5-12-25(27)30;1-2-30-23-15-13-20-12-14-22(18-21(20)19-23)28-16-7-17-29-24-8-3-5-10-26(24)31-27-11-6-4-9-25(27)29;1-4-11-22-18(8-1)19(14-17-27-22)25-15-7-16-26-20-9-2-5-12-23(20)28-24-13-6-3-10-21(24)26;1-19-11-13-20(14-12-19)15-17-25-16-6-18-26-21-7-2-4-9-23(21)27-24-10-5-3-8-22(24)26/h5-8,11-17,22-23,29H,9-10,18-20H2,1-4H3;1-7,9-14,23,28H,8,15-21H2;3-6,8-11,13,15,19,22,28H,2,7,12,14,16-18H2,1H3;1-6,8-13,19,25H,7,14-17H2;2-5,7-14,25H,6,15-18H2,1H3/b17-16+;;;;. The molecule has 764 valence electrons. The van der Waals surface area contributed by atoms with Crippen molar-refractivity contribution in [2.45, 2.75) is 216 Å². The van der Waals surface area contributed by atoms with Crippen LogP contribution in [0.5, 0.6) is 5.75 Å². The lowest BCUT2D eigenvalue weighted by molar-refractivity contribution is 0.191. The number of ether oxygens (including phenoxy) is 1. The van der Waals surface area contributed by atoms with E-state index in [1.54, 1.807) is 0 Å². The lowest BCUT2D eigenvalue weighted by Crippen LogP contribution is -2.42. The van der Waals surface area contributed by atoms with Crippen molar-refractivity contribution < 1.29 is 4.74 Å². The molecule has 14 aromatic carbocycles. The van der Waals surface area contributed by atoms with Crippen molar-refractivity contribution in [3.8, 4) is 5.75 Å². The first-order valence-electron chi connectivity index (χ1n) is 54.3. The lowest BCUT2D eigenvalue weighted by Gasteiger charge is -2.37. The topological polar surface area (TPSA) is 88.8 Å². The number of rotatable bonds is 33. The number of para-hydroxylation sites is 10. The second-order valence-electron chi connectivity index (χ2n) is 40.7. The minimum atomic E-state index is 0.363. The number of hydrogen-bond acceptors (Lipinski definition) is 18. The quantitative estimate of drug-likeness (QED) is 0.0200. The third kappa shape index (κ3) is 27.8. The maximum absolute atomic E-state index is 5.70. The summed E-state index contributed by atoms with van der Waals surface area (Å²) in [6.45, 7) is 29.2. The molecule has 5 N–H and O–H groups in total. The molecular weight excluding hydrogens is 1920 g/mol. The molecule has 0 bridgehead atoms. The summed E-state index contributed by atoms with van der Waals surface area (Å²) in [5.74, 6) is 2.77. The Hall–Kier alpha value is -10.8. The van der Waals surface area contributed by atoms with Gasteiger partial charge in [0.1, 0.15) is 5.75 Å². The normalized spacial score (nSPS) is 17.0. The van der Waals surface area contributed by atoms with E-state index in [9.17, 15) is 0 Å². The first-order valence-corrected chi connectivity index (χ1v) is 59.4. The number of nitrogens with one attached hydrogen (secondary N) is 5. The van der Waals surface area contributed by atoms with Gasteiger partial charge < -0.3 is 55.8 Å². The summed E-state index contributed by atoms with van der Waals surface area (Å²) in [7, 11) is 0. The summed E-state index contributed by atoms with van der Waals surface area (Å²) < 4.78 is 5.70. The van der Waals surface area contributed by atoms with Gasteiger partial charge in [0.15, 0.2) is 0 Å². The summed E-state index contributed by atoms with van der Waals surface area (Å²) >= 11 is 11.4. The van der Waals surface area contributed by atoms with E-state index in [1.807, 2.05) is 77.5 Å². The van der Waals surface area contributed by atoms with Gasteiger partial charge in [-0.2, -0.15) is 0 Å². The average Bonchev–Trinajstić information content (AvgIpc) is 0.788. The fourth-order valence-electron chi connectivity index (χ4n) is 21.9. The molecule has 1 saturated heterocycles. The number of thioether (sulfide) groups is 1. The number of anilines is 10. The summed E-state index contributed by atoms with van der Waals surface area (Å²) in [4.78, 5) is 30.0. The van der Waals surface area contributed by atoms with Gasteiger partial charge in [-0.3, -0.25) is 4.90 Å². The number of likely N-dealkylation sites (tertiary alicyclic amines) is 1. The van der Waals surface area contributed by atoms with E-state index in [-0.39, 0.29) is 0 Å². The van der Waals surface area contributed by atoms with Crippen molar-refractivity contribution >= 4 is 127 Å². The summed E-state index contributed by atoms with van der Waals surface area (Å²) in [5.41, 5.74) is 23.8. The summed E-state index contributed by atoms with van der Waals surface area (Å²) in [6, 6.07) is 125. The van der Waals surface area contributed by atoms with Gasteiger partial charge in [-0.25, -0.2) is 0 Å². The molecule has 1 fully saturated rings. The molecule has 148 heavy (non-hydrogen) atoms. The Labute approximate surface area is 908 Å². The zero-order valence-electron chi connectivity index (χ0n) is 87.2. The molecule has 12 nitrogen and oxygen atoms in total. The fraction of sp³-hybridized carbons (Fsp3) is 0.323. The largest absolute Gasteiger partial charge is 0.494 e. The number of nitrogens with zero attached hydrogens (tertiary/aromatic N) is 6. The molecule has 0 aromatic heterocycles. The van der Waals surface area contributed by atoms with Gasteiger partial charge in [-0.1, -0.05) is 302 Å². The minimum absolute atomic E-state index is 0.363. The Morgan fingerprint density at radius 3 is 1.21 bits per heavy atom. The van der Waals surface area contributed by atoms with Crippen molar-refractivity contribution in [3.05, 3.63) is 397 Å². The van der Waals surface area contributed by atoms with Crippen LogP contribution in [0, 0.1) is 18.3 Å². The van der Waals surface area contributed by atoms with Crippen LogP contribution >= 0.6 is 70.6 Å². The highest BCUT2D eigenvalue weighted by molar-refractivity contribution is 8.01. The molecule has 4 unspecified atom stereocenters. The molecule has 0 spiro atoms. The van der Waals surface area contributed by atoms with Crippen LogP contribution in [0.2, 0.25) is 0 Å². The number of aryl methyl sites for hydroxylation is 2. The SMILES string of the molecule is CC1=CCCC(C)(C)C1/C=C/C(C)NCCCN1c2ccccc2Sc2ccccc21.CCOc1ccc2c(c1)CC(NCCCN1c3ccccc3Sc3ccccc31)CC2.Cc1ccc(CCNCCCN2c3ccccc3Sc3ccccc32)cc1.c1ccc(CN2CCC(NCCCN3c4ccccc4Sc4ccccc43)CC2)cc1.c1ccc2c(c1)SCCC2NCCCN1c2ccccc2Sc2ccccc21. The van der Waals surface area contributed by atoms with Gasteiger partial charge in [-0.15, -0.1) is 11.8 Å². The van der Waals surface area contributed by atoms with E-state index in [2.05, 4.69) is 449 Å². The average molecular weight is 2070 g/mol. The Morgan fingerprint density at radius 1 is 0.385 bits per heavy atom. The van der Waals surface area contributed by atoms with Crippen molar-refractivity contribution in [1.82, 2.24) is 31.5 Å². The predicted octanol–water partition coefficient (Wildman–Crippen LogP) is 32.1. The van der Waals surface area contributed by atoms with E-state index < -0.39 is 0 Å². The highest BCUT2D eigenvalue weighted by Gasteiger charge is 2.34. The molecule has 14 aromatic rings. The van der Waals surface area contributed by atoms with Crippen molar-refractivity contribution in [2.24, 2.45) is 11.3 Å². The Morgan fingerprint density at radius 2 is 0.777 bits per heavy atom. The van der Waals surface area contributed by atoms with Gasteiger partial charge in [0, 0.05) is 123 Å². The van der Waals surface area contributed by atoms with Crippen LogP contribution in [0.1, 0.15) is 145 Å². The number of piperidine rings is 1. The highest BCUT2D eigenvalue weighted by atomic mass is 32.2. The molecule has 4 atom stereocenters. The lowest BCUT2D eigenvalue weighted by atomic mass is 9.68. The predicted molar refractivity (Wildman–Crippen MR) is 634 cm³/mol. The Balaban J connectivity index is 0.000000116. The van der Waals surface area contributed by atoms with Crippen LogP contribution < -0.4 is 55.8 Å². The number of allylic oxidation sites excluding steroid dienone is 3. The zero-order chi connectivity index (χ0) is 101. The van der Waals surface area contributed by atoms with Crippen molar-refractivity contribution in [2.75, 3.05) is 122 Å². The van der Waals surface area contributed by atoms with Crippen LogP contribution in [-0.2, 0) is 25.8 Å². The molecule has 23 rings (SSSR count). The third-order valence-electron chi connectivity index (χ3n) is 29.8. The molecule has 9 aliphatic rings. The maximum Gasteiger partial charge on any atom is 0.119 e. The maximum atomic E-state index is 5.70. The number of benzene rings is 14. The fourth-order valence-corrected chi connectivity index (χ4v) is 28.5. The second-order valence-corrected chi connectivity index (χ2v) is 47.3. The van der Waals surface area contributed by atoms with Gasteiger partial charge in [-0.05, 0) is 348 Å². The molecular formula is C130H147N11OS6. The zero-order valence-corrected chi connectivity index (χ0v) is 92.1. The monoisotopic (exact) mass is 2070 g/mol. The van der Waals surface area contributed by atoms with Crippen LogP contribution in [0.25, 0.3) is 0 Å². The molecule has 7 heterocycles. The van der Waals surface area contributed by atoms with Gasteiger partial charge in [0.25, 0.3) is 0 Å². The smallest absolute Gasteiger partial charge is 0.119 e. The summed E-state index contributed by atoms with van der Waals surface area (Å²) in [6.07, 6.45) is 23.6. The number of hydrogen-bond donors (Lipinski definition) is 5. The molecule has 0 amide bonds. The van der Waals surface area contributed by atoms with E-state index in [0.717, 1.165) is 142 Å². The molecule has 0 radical (unpaired) electrons. The highest BCUT2D eigenvalue weighted by Crippen LogP contribution is 2.54. The molecule has 18 heteroatoms. The van der Waals surface area contributed by atoms with E-state index >= 15 is 0 Å². The first kappa shape index (κ1) is 106. The molecule has 2 aliphatic carbocycles. The first-order chi connectivity index (χ1) is 72.8. The Bertz CT molecular complexity index is 6480. The molecule has 7 aliphatic heterocycles. The van der Waals surface area contributed by atoms with Gasteiger partial charge in [0.05, 0.1) is 63.5 Å². The minimum Gasteiger partial charge on any atom is -0.494 e. The van der Waals surface area contributed by atoms with E-state index in [0.29, 0.717) is 35.5 Å². The van der Waals surface area contributed by atoms with Crippen LogP contribution in [0.3, 0.4) is 0 Å². The van der Waals surface area contributed by atoms with Crippen molar-refractivity contribution in [3.63, 3.8) is 0 Å². The van der Waals surface area contributed by atoms with Crippen LogP contribution in [0.4, 0.5) is 56.9 Å². The second kappa shape index (κ2) is 53.3. The van der Waals surface area contributed by atoms with Crippen LogP contribution in [-0.4, -0.2) is 120 Å². The third-order valence-corrected chi connectivity index (χ3v) is 36.5. The summed E-state index contributed by atoms with van der Waals surface area (Å²) in [5, 5.41) is 18.8. The Kier molecular flexibility index (Phi) is 38.0. The van der Waals surface area contributed by atoms with Gasteiger partial charge in [0.2, 0.25) is 0 Å².